The van der Waals surface area contributed by atoms with Gasteiger partial charge in [-0.3, -0.25) is 4.99 Å². The number of rotatable bonds is 5. The molecule has 5 heteroatoms. The number of nitrogens with zero attached hydrogens (tertiary/aromatic N) is 1. The molecule has 0 atom stereocenters. The minimum absolute atomic E-state index is 0.187. The molecule has 0 aliphatic heterocycles. The zero-order valence-corrected chi connectivity index (χ0v) is 13.1. The van der Waals surface area contributed by atoms with Gasteiger partial charge in [0.1, 0.15) is 5.75 Å². The van der Waals surface area contributed by atoms with Crippen molar-refractivity contribution in [2.45, 2.75) is 13.8 Å². The Bertz CT molecular complexity index is 726. The molecular formula is C17H16ClNO3. The predicted molar refractivity (Wildman–Crippen MR) is 88.0 cm³/mol. The molecule has 22 heavy (non-hydrogen) atoms. The minimum atomic E-state index is -0.990. The summed E-state index contributed by atoms with van der Waals surface area (Å²) in [5, 5.41) is 9.72. The Morgan fingerprint density at radius 2 is 2.09 bits per heavy atom. The standard InChI is InChI=1S/C17H16ClNO3/c1-3-22-16-7-5-12(17(20)21)8-13(16)10-19-14-6-4-11(2)15(18)9-14/h4-10H,3H2,1-2H3,(H,20,21). The lowest BCUT2D eigenvalue weighted by Gasteiger charge is -2.07. The third-order valence-electron chi connectivity index (χ3n) is 3.06. The Kier molecular flexibility index (Phi) is 5.17. The largest absolute Gasteiger partial charge is 0.493 e. The highest BCUT2D eigenvalue weighted by Crippen LogP contribution is 2.24. The van der Waals surface area contributed by atoms with E-state index >= 15 is 0 Å². The second-order valence-electron chi connectivity index (χ2n) is 4.68. The van der Waals surface area contributed by atoms with Crippen LogP contribution >= 0.6 is 11.6 Å². The van der Waals surface area contributed by atoms with E-state index in [1.165, 1.54) is 12.1 Å². The lowest BCUT2D eigenvalue weighted by molar-refractivity contribution is 0.0697. The Labute approximate surface area is 134 Å². The van der Waals surface area contributed by atoms with E-state index in [-0.39, 0.29) is 5.56 Å². The third-order valence-corrected chi connectivity index (χ3v) is 3.47. The van der Waals surface area contributed by atoms with Gasteiger partial charge in [-0.15, -0.1) is 0 Å². The van der Waals surface area contributed by atoms with Crippen molar-refractivity contribution in [1.82, 2.24) is 0 Å². The highest BCUT2D eigenvalue weighted by Gasteiger charge is 2.08. The molecule has 0 unspecified atom stereocenters. The molecule has 0 spiro atoms. The first-order valence-electron chi connectivity index (χ1n) is 6.81. The van der Waals surface area contributed by atoms with Crippen LogP contribution in [0.4, 0.5) is 5.69 Å². The van der Waals surface area contributed by atoms with Gasteiger partial charge in [-0.1, -0.05) is 17.7 Å². The molecule has 4 nitrogen and oxygen atoms in total. The monoisotopic (exact) mass is 317 g/mol. The second-order valence-corrected chi connectivity index (χ2v) is 5.09. The van der Waals surface area contributed by atoms with Gasteiger partial charge < -0.3 is 9.84 Å². The molecule has 2 aromatic rings. The van der Waals surface area contributed by atoms with E-state index in [0.717, 1.165) is 5.56 Å². The van der Waals surface area contributed by atoms with E-state index in [2.05, 4.69) is 4.99 Å². The maximum atomic E-state index is 11.1. The lowest BCUT2D eigenvalue weighted by atomic mass is 10.1. The fraction of sp³-hybridized carbons (Fsp3) is 0.176. The van der Waals surface area contributed by atoms with Crippen LogP contribution in [-0.4, -0.2) is 23.9 Å². The van der Waals surface area contributed by atoms with Crippen molar-refractivity contribution in [2.24, 2.45) is 4.99 Å². The van der Waals surface area contributed by atoms with Crippen molar-refractivity contribution in [1.29, 1.82) is 0 Å². The van der Waals surface area contributed by atoms with Gasteiger partial charge in [-0.05, 0) is 49.7 Å². The molecule has 0 saturated carbocycles. The van der Waals surface area contributed by atoms with Crippen LogP contribution in [0.3, 0.4) is 0 Å². The van der Waals surface area contributed by atoms with E-state index < -0.39 is 5.97 Å². The average Bonchev–Trinajstić information content (AvgIpc) is 2.49. The molecule has 0 aliphatic carbocycles. The molecule has 0 radical (unpaired) electrons. The molecule has 0 amide bonds. The molecule has 0 heterocycles. The molecule has 0 saturated heterocycles. The van der Waals surface area contributed by atoms with Gasteiger partial charge >= 0.3 is 5.97 Å². The summed E-state index contributed by atoms with van der Waals surface area (Å²) in [6.07, 6.45) is 1.58. The molecule has 0 fully saturated rings. The first kappa shape index (κ1) is 16.0. The first-order valence-corrected chi connectivity index (χ1v) is 7.19. The van der Waals surface area contributed by atoms with Gasteiger partial charge in [0.25, 0.3) is 0 Å². The zero-order valence-electron chi connectivity index (χ0n) is 12.3. The van der Waals surface area contributed by atoms with Gasteiger partial charge in [0.2, 0.25) is 0 Å². The number of carboxylic acids is 1. The molecule has 0 aliphatic rings. The maximum Gasteiger partial charge on any atom is 0.335 e. The van der Waals surface area contributed by atoms with E-state index in [1.807, 2.05) is 26.0 Å². The van der Waals surface area contributed by atoms with Gasteiger partial charge in [-0.25, -0.2) is 4.79 Å². The summed E-state index contributed by atoms with van der Waals surface area (Å²) >= 11 is 6.07. The van der Waals surface area contributed by atoms with Crippen LogP contribution < -0.4 is 4.74 Å². The minimum Gasteiger partial charge on any atom is -0.493 e. The first-order chi connectivity index (χ1) is 10.5. The van der Waals surface area contributed by atoms with E-state index in [0.29, 0.717) is 28.6 Å². The van der Waals surface area contributed by atoms with Crippen molar-refractivity contribution in [3.05, 3.63) is 58.1 Å². The fourth-order valence-electron chi connectivity index (χ4n) is 1.88. The maximum absolute atomic E-state index is 11.1. The summed E-state index contributed by atoms with van der Waals surface area (Å²) in [7, 11) is 0. The van der Waals surface area contributed by atoms with Gasteiger partial charge in [0.05, 0.1) is 17.9 Å². The van der Waals surface area contributed by atoms with Crippen molar-refractivity contribution in [2.75, 3.05) is 6.61 Å². The SMILES string of the molecule is CCOc1ccc(C(=O)O)cc1C=Nc1ccc(C)c(Cl)c1. The lowest BCUT2D eigenvalue weighted by Crippen LogP contribution is -2.01. The summed E-state index contributed by atoms with van der Waals surface area (Å²) in [6.45, 7) is 4.27. The van der Waals surface area contributed by atoms with Gasteiger partial charge in [0.15, 0.2) is 0 Å². The number of aryl methyl sites for hydroxylation is 1. The van der Waals surface area contributed by atoms with Crippen LogP contribution in [0.15, 0.2) is 41.4 Å². The van der Waals surface area contributed by atoms with Crippen LogP contribution in [0.1, 0.15) is 28.4 Å². The van der Waals surface area contributed by atoms with Crippen molar-refractivity contribution in [3.8, 4) is 5.75 Å². The normalized spacial score (nSPS) is 10.9. The average molecular weight is 318 g/mol. The Balaban J connectivity index is 2.36. The Morgan fingerprint density at radius 1 is 1.32 bits per heavy atom. The predicted octanol–water partition coefficient (Wildman–Crippen LogP) is 4.50. The summed E-state index contributed by atoms with van der Waals surface area (Å²) in [4.78, 5) is 15.4. The van der Waals surface area contributed by atoms with Gasteiger partial charge in [0, 0.05) is 16.8 Å². The summed E-state index contributed by atoms with van der Waals surface area (Å²) in [5.41, 5.74) is 2.47. The molecular weight excluding hydrogens is 302 g/mol. The molecule has 2 rings (SSSR count). The van der Waals surface area contributed by atoms with Crippen LogP contribution in [0.2, 0.25) is 5.02 Å². The highest BCUT2D eigenvalue weighted by molar-refractivity contribution is 6.31. The number of aliphatic imine (C=N–C) groups is 1. The van der Waals surface area contributed by atoms with Crippen molar-refractivity contribution >= 4 is 29.5 Å². The number of hydrogen-bond acceptors (Lipinski definition) is 3. The number of aromatic carboxylic acids is 1. The van der Waals surface area contributed by atoms with E-state index in [1.54, 1.807) is 18.3 Å². The topological polar surface area (TPSA) is 58.9 Å². The molecule has 2 aromatic carbocycles. The second kappa shape index (κ2) is 7.09. The van der Waals surface area contributed by atoms with Crippen LogP contribution in [0, 0.1) is 6.92 Å². The third kappa shape index (κ3) is 3.86. The molecule has 1 N–H and O–H groups in total. The highest BCUT2D eigenvalue weighted by atomic mass is 35.5. The zero-order chi connectivity index (χ0) is 16.1. The van der Waals surface area contributed by atoms with E-state index in [4.69, 9.17) is 21.4 Å². The number of carboxylic acid groups (broad SMARTS) is 1. The summed E-state index contributed by atoms with van der Waals surface area (Å²) in [6, 6.07) is 10.2. The fourth-order valence-corrected chi connectivity index (χ4v) is 2.05. The van der Waals surface area contributed by atoms with Crippen molar-refractivity contribution < 1.29 is 14.6 Å². The van der Waals surface area contributed by atoms with Crippen LogP contribution in [-0.2, 0) is 0 Å². The quantitative estimate of drug-likeness (QED) is 0.826. The summed E-state index contributed by atoms with van der Waals surface area (Å²) < 4.78 is 5.49. The van der Waals surface area contributed by atoms with E-state index in [9.17, 15) is 4.79 Å². The Hall–Kier alpha value is -2.33. The number of benzene rings is 2. The molecule has 0 bridgehead atoms. The number of halogens is 1. The van der Waals surface area contributed by atoms with Crippen LogP contribution in [0.25, 0.3) is 0 Å². The number of ether oxygens (including phenoxy) is 1. The number of carbonyl (C=O) groups is 1. The Morgan fingerprint density at radius 3 is 2.73 bits per heavy atom. The smallest absolute Gasteiger partial charge is 0.335 e. The summed E-state index contributed by atoms with van der Waals surface area (Å²) in [5.74, 6) is -0.398. The molecule has 114 valence electrons. The van der Waals surface area contributed by atoms with Gasteiger partial charge in [-0.2, -0.15) is 0 Å². The molecule has 0 aromatic heterocycles. The van der Waals surface area contributed by atoms with Crippen molar-refractivity contribution in [3.63, 3.8) is 0 Å². The van der Waals surface area contributed by atoms with Crippen LogP contribution in [0.5, 0.6) is 5.75 Å². The number of hydrogen-bond donors (Lipinski definition) is 1.